The zero-order valence-corrected chi connectivity index (χ0v) is 42.3. The molecule has 1 unspecified atom stereocenters. The van der Waals surface area contributed by atoms with Crippen molar-refractivity contribution in [2.24, 2.45) is 10.8 Å². The Morgan fingerprint density at radius 2 is 1.06 bits per heavy atom. The predicted octanol–water partition coefficient (Wildman–Crippen LogP) is 7.56. The zero-order chi connectivity index (χ0) is 50.9. The lowest BCUT2D eigenvalue weighted by atomic mass is 9.82. The molecule has 3 aromatic carbocycles. The number of benzene rings is 3. The van der Waals surface area contributed by atoms with E-state index in [0.717, 1.165) is 75.3 Å². The summed E-state index contributed by atoms with van der Waals surface area (Å²) in [5, 5.41) is 11.4. The first-order valence-electron chi connectivity index (χ1n) is 25.4. The number of carbonyl (C=O) groups is 6. The van der Waals surface area contributed by atoms with Crippen LogP contribution in [-0.4, -0.2) is 124 Å². The van der Waals surface area contributed by atoms with Crippen LogP contribution in [0.1, 0.15) is 94.7 Å². The van der Waals surface area contributed by atoms with Crippen molar-refractivity contribution in [1.82, 2.24) is 20.4 Å². The molecule has 3 aromatic rings. The van der Waals surface area contributed by atoms with Gasteiger partial charge >= 0.3 is 12.2 Å². The number of nitrogens with zero attached hydrogens (tertiary/aromatic N) is 2. The van der Waals surface area contributed by atoms with Crippen LogP contribution in [0.4, 0.5) is 21.0 Å². The molecule has 4 bridgehead atoms. The van der Waals surface area contributed by atoms with Gasteiger partial charge < -0.3 is 50.0 Å². The van der Waals surface area contributed by atoms with Gasteiger partial charge in [0.15, 0.2) is 0 Å². The molecule has 2 aliphatic heterocycles. The number of hydrogen-bond acceptors (Lipinski definition) is 10. The first-order chi connectivity index (χ1) is 34.6. The Kier molecular flexibility index (Phi) is 14.6. The molecule has 2 saturated carbocycles. The molecular formula is C56H68N6O10. The lowest BCUT2D eigenvalue weighted by molar-refractivity contribution is -0.141. The van der Waals surface area contributed by atoms with E-state index >= 15 is 0 Å². The van der Waals surface area contributed by atoms with Gasteiger partial charge in [0.25, 0.3) is 0 Å². The molecule has 2 spiro atoms. The highest BCUT2D eigenvalue weighted by Gasteiger charge is 2.57. The number of alkyl carbamates (subject to hydrolysis) is 2. The van der Waals surface area contributed by atoms with Crippen LogP contribution in [0, 0.1) is 10.8 Å². The lowest BCUT2D eigenvalue weighted by Gasteiger charge is -2.30. The number of likely N-dealkylation sites (tertiary alicyclic amines) is 2. The predicted molar refractivity (Wildman–Crippen MR) is 272 cm³/mol. The number of allylic oxidation sites excluding steroid dienone is 4. The van der Waals surface area contributed by atoms with Crippen LogP contribution in [0.15, 0.2) is 84.0 Å². The standard InChI is InChI=1S/C56H68N6O10/c1-33(69-3)47(59-53(67)71-5)51(65)61-31-55(23-24-55)29-45(61)49(63)57-41-19-15-39(16-20-41)43-27-35-7-11-37(43)13-9-36-8-12-38(14-10-35)44(28-36)40-17-21-42(22-18-40)58-50(64)46-30-56(25-26-56)32-62(46)52(66)48(34(2)70-4)60-54(68)72-6/h7,11,15-22,27-28,33-34,45-48H,8-10,12-14,23-26,29-32H2,1-6H3,(H,57,63)(H,58,64)(H,59,67)(H,60,68)/t33-,34+,45-,46-,47?,48-/m0/s1. The fourth-order valence-corrected chi connectivity index (χ4v) is 11.2. The molecule has 2 saturated heterocycles. The molecule has 9 aliphatic rings. The van der Waals surface area contributed by atoms with Crippen molar-refractivity contribution in [2.45, 2.75) is 127 Å². The van der Waals surface area contributed by atoms with Gasteiger partial charge in [0, 0.05) is 38.7 Å². The second kappa shape index (κ2) is 20.9. The minimum Gasteiger partial charge on any atom is -0.453 e. The highest BCUT2D eigenvalue weighted by Crippen LogP contribution is 2.56. The summed E-state index contributed by atoms with van der Waals surface area (Å²) < 4.78 is 20.5. The molecule has 16 heteroatoms. The van der Waals surface area contributed by atoms with Crippen molar-refractivity contribution in [1.29, 1.82) is 0 Å². The van der Waals surface area contributed by atoms with Crippen LogP contribution < -0.4 is 21.3 Å². The first kappa shape index (κ1) is 50.4. The second-order valence-electron chi connectivity index (χ2n) is 20.9. The van der Waals surface area contributed by atoms with Gasteiger partial charge in [0.1, 0.15) is 24.2 Å². The van der Waals surface area contributed by atoms with Crippen molar-refractivity contribution in [3.63, 3.8) is 0 Å². The molecule has 16 nitrogen and oxygen atoms in total. The van der Waals surface area contributed by atoms with Crippen LogP contribution >= 0.6 is 0 Å². The topological polar surface area (TPSA) is 194 Å². The molecule has 7 aliphatic carbocycles. The highest BCUT2D eigenvalue weighted by molar-refractivity contribution is 6.00. The number of hydrogen-bond donors (Lipinski definition) is 4. The van der Waals surface area contributed by atoms with Crippen LogP contribution in [0.2, 0.25) is 0 Å². The Bertz CT molecular complexity index is 2660. The summed E-state index contributed by atoms with van der Waals surface area (Å²) in [6, 6.07) is 19.4. The maximum absolute atomic E-state index is 14.0. The average molecular weight is 985 g/mol. The molecule has 6 amide bonds. The van der Waals surface area contributed by atoms with E-state index in [9.17, 15) is 28.8 Å². The summed E-state index contributed by atoms with van der Waals surface area (Å²) in [7, 11) is 5.43. The number of aryl methyl sites for hydroxylation is 2. The number of anilines is 2. The SMILES string of the molecule is COC(=O)NC(C(=O)N1CC2(CC2)C[C@H]1C(=O)Nc1ccc(-c2cc3ccc2CCC2=CC(c4ccc(NC(=O)[C@@H]5CC6(CC6)CN5C(=O)[C@@H](NC(=O)OC)[C@@H](C)OC)cc4)=C(CC2)CC3)cc1)[C@H](C)OC. The highest BCUT2D eigenvalue weighted by atomic mass is 16.5. The fraction of sp³-hybridized carbons (Fsp3) is 0.500. The quantitative estimate of drug-likeness (QED) is 0.125. The lowest BCUT2D eigenvalue weighted by Crippen LogP contribution is -2.56. The monoisotopic (exact) mass is 984 g/mol. The third-order valence-corrected chi connectivity index (χ3v) is 16.2. The Hall–Kier alpha value is -6.52. The van der Waals surface area contributed by atoms with Gasteiger partial charge in [-0.1, -0.05) is 59.7 Å². The Morgan fingerprint density at radius 1 is 0.583 bits per heavy atom. The number of nitrogens with one attached hydrogen (secondary N) is 4. The van der Waals surface area contributed by atoms with Crippen LogP contribution in [0.3, 0.4) is 0 Å². The van der Waals surface area contributed by atoms with Crippen LogP contribution in [0.25, 0.3) is 16.7 Å². The van der Waals surface area contributed by atoms with E-state index in [0.29, 0.717) is 37.3 Å². The van der Waals surface area contributed by atoms with E-state index in [1.165, 1.54) is 61.8 Å². The number of carbonyl (C=O) groups excluding carboxylic acids is 6. The van der Waals surface area contributed by atoms with Gasteiger partial charge in [-0.3, -0.25) is 19.2 Å². The zero-order valence-electron chi connectivity index (χ0n) is 42.3. The molecule has 0 radical (unpaired) electrons. The largest absolute Gasteiger partial charge is 0.453 e. The summed E-state index contributed by atoms with van der Waals surface area (Å²) in [6.45, 7) is 4.31. The van der Waals surface area contributed by atoms with E-state index < -0.39 is 48.6 Å². The summed E-state index contributed by atoms with van der Waals surface area (Å²) >= 11 is 0. The molecule has 0 aromatic heterocycles. The van der Waals surface area contributed by atoms with Crippen LogP contribution in [-0.2, 0) is 51.0 Å². The van der Waals surface area contributed by atoms with E-state index in [1.807, 2.05) is 24.3 Å². The van der Waals surface area contributed by atoms with Crippen molar-refractivity contribution < 1.29 is 47.7 Å². The van der Waals surface area contributed by atoms with Crippen molar-refractivity contribution in [2.75, 3.05) is 52.2 Å². The van der Waals surface area contributed by atoms with Gasteiger partial charge in [0.2, 0.25) is 23.6 Å². The Labute approximate surface area is 421 Å². The molecule has 6 atom stereocenters. The van der Waals surface area contributed by atoms with Crippen molar-refractivity contribution in [3.05, 3.63) is 101 Å². The number of amides is 6. The van der Waals surface area contributed by atoms with Crippen LogP contribution in [0.5, 0.6) is 0 Å². The first-order valence-corrected chi connectivity index (χ1v) is 25.4. The summed E-state index contributed by atoms with van der Waals surface area (Å²) in [6.07, 6.45) is 10.1. The van der Waals surface area contributed by atoms with Gasteiger partial charge in [-0.2, -0.15) is 0 Å². The molecular weight excluding hydrogens is 917 g/mol. The minimum atomic E-state index is -1.01. The summed E-state index contributed by atoms with van der Waals surface area (Å²) in [4.78, 5) is 83.4. The molecule has 382 valence electrons. The van der Waals surface area contributed by atoms with Gasteiger partial charge in [-0.15, -0.1) is 0 Å². The van der Waals surface area contributed by atoms with Crippen molar-refractivity contribution >= 4 is 52.8 Å². The fourth-order valence-electron chi connectivity index (χ4n) is 11.2. The minimum absolute atomic E-state index is 0.0782. The van der Waals surface area contributed by atoms with Gasteiger partial charge in [-0.05, 0) is 159 Å². The molecule has 4 N–H and O–H groups in total. The summed E-state index contributed by atoms with van der Waals surface area (Å²) in [5.74, 6) is -1.25. The molecule has 2 heterocycles. The van der Waals surface area contributed by atoms with Crippen molar-refractivity contribution in [3.8, 4) is 11.1 Å². The van der Waals surface area contributed by atoms with E-state index in [2.05, 4.69) is 69.8 Å². The van der Waals surface area contributed by atoms with E-state index in [-0.39, 0.29) is 34.5 Å². The number of methoxy groups -OCH3 is 4. The summed E-state index contributed by atoms with van der Waals surface area (Å²) in [5.41, 5.74) is 11.0. The maximum Gasteiger partial charge on any atom is 0.407 e. The molecule has 4 fully saturated rings. The maximum atomic E-state index is 14.0. The van der Waals surface area contributed by atoms with Gasteiger partial charge in [-0.25, -0.2) is 9.59 Å². The van der Waals surface area contributed by atoms with E-state index in [1.54, 1.807) is 23.6 Å². The third-order valence-electron chi connectivity index (χ3n) is 16.2. The third kappa shape index (κ3) is 10.8. The number of ether oxygens (including phenoxy) is 4. The molecule has 72 heavy (non-hydrogen) atoms. The Morgan fingerprint density at radius 3 is 1.53 bits per heavy atom. The van der Waals surface area contributed by atoms with E-state index in [4.69, 9.17) is 18.9 Å². The molecule has 12 rings (SSSR count). The van der Waals surface area contributed by atoms with Gasteiger partial charge in [0.05, 0.1) is 26.4 Å². The Balaban J connectivity index is 0.861. The smallest absolute Gasteiger partial charge is 0.407 e. The number of rotatable bonds is 14. The average Bonchev–Trinajstić information content (AvgIpc) is 4.26. The second-order valence-corrected chi connectivity index (χ2v) is 20.9. The normalized spacial score (nSPS) is 21.9.